The topological polar surface area (TPSA) is 69.6 Å². The molecule has 1 heterocycles. The second kappa shape index (κ2) is 7.51. The van der Waals surface area contributed by atoms with Gasteiger partial charge in [0.15, 0.2) is 11.6 Å². The number of hydrogen-bond acceptors (Lipinski definition) is 3. The number of likely N-dealkylation sites (tertiary alicyclic amines) is 1. The third kappa shape index (κ3) is 4.14. The molecule has 1 aromatic carbocycles. The number of carboxylic acid groups (broad SMARTS) is 1. The van der Waals surface area contributed by atoms with Crippen LogP contribution in [0.5, 0.6) is 0 Å². The van der Waals surface area contributed by atoms with Crippen LogP contribution in [-0.2, 0) is 9.59 Å². The average Bonchev–Trinajstić information content (AvgIpc) is 2.92. The molecule has 1 saturated heterocycles. The van der Waals surface area contributed by atoms with Gasteiger partial charge in [0.2, 0.25) is 5.91 Å². The van der Waals surface area contributed by atoms with Crippen molar-refractivity contribution in [3.8, 4) is 0 Å². The number of hydrogen-bond donors (Lipinski definition) is 2. The quantitative estimate of drug-likeness (QED) is 0.885. The van der Waals surface area contributed by atoms with E-state index in [4.69, 9.17) is 5.11 Å². The van der Waals surface area contributed by atoms with Gasteiger partial charge in [-0.1, -0.05) is 0 Å². The fourth-order valence-electron chi connectivity index (χ4n) is 2.33. The maximum atomic E-state index is 13.1. The monoisotopic (exact) mass is 334 g/mol. The largest absolute Gasteiger partial charge is 0.481 e. The first kappa shape index (κ1) is 18.3. The SMILES string of the molecule is CC(C(=O)Nc1ccc(F)c(F)c1)N1CCC(C(=O)O)C1.Cl. The van der Waals surface area contributed by atoms with Crippen molar-refractivity contribution in [1.82, 2.24) is 4.90 Å². The number of anilines is 1. The molecule has 0 spiro atoms. The Hall–Kier alpha value is -1.73. The van der Waals surface area contributed by atoms with Gasteiger partial charge in [-0.25, -0.2) is 8.78 Å². The molecule has 1 aliphatic heterocycles. The van der Waals surface area contributed by atoms with Crippen LogP contribution in [-0.4, -0.2) is 41.0 Å². The van der Waals surface area contributed by atoms with E-state index in [-0.39, 0.29) is 24.0 Å². The number of aliphatic carboxylic acids is 1. The average molecular weight is 335 g/mol. The van der Waals surface area contributed by atoms with Gasteiger partial charge in [-0.15, -0.1) is 12.4 Å². The van der Waals surface area contributed by atoms with E-state index in [0.717, 1.165) is 12.1 Å². The van der Waals surface area contributed by atoms with Gasteiger partial charge in [-0.2, -0.15) is 0 Å². The van der Waals surface area contributed by atoms with Crippen molar-refractivity contribution in [2.24, 2.45) is 5.92 Å². The van der Waals surface area contributed by atoms with E-state index in [0.29, 0.717) is 19.5 Å². The van der Waals surface area contributed by atoms with Gasteiger partial charge in [-0.3, -0.25) is 14.5 Å². The molecule has 0 radical (unpaired) electrons. The number of amides is 1. The fraction of sp³-hybridized carbons (Fsp3) is 0.429. The zero-order valence-corrected chi connectivity index (χ0v) is 12.7. The maximum Gasteiger partial charge on any atom is 0.307 e. The first-order valence-electron chi connectivity index (χ1n) is 6.61. The normalized spacial score (nSPS) is 19.3. The molecule has 2 rings (SSSR count). The lowest BCUT2D eigenvalue weighted by molar-refractivity contribution is -0.141. The van der Waals surface area contributed by atoms with Gasteiger partial charge in [0.25, 0.3) is 0 Å². The lowest BCUT2D eigenvalue weighted by Gasteiger charge is -2.23. The van der Waals surface area contributed by atoms with E-state index in [2.05, 4.69) is 5.32 Å². The molecule has 1 amide bonds. The van der Waals surface area contributed by atoms with Gasteiger partial charge in [0.1, 0.15) is 0 Å². The Morgan fingerprint density at radius 3 is 2.59 bits per heavy atom. The molecule has 22 heavy (non-hydrogen) atoms. The lowest BCUT2D eigenvalue weighted by atomic mass is 10.1. The van der Waals surface area contributed by atoms with E-state index in [9.17, 15) is 18.4 Å². The molecule has 1 aromatic rings. The molecule has 0 saturated carbocycles. The summed E-state index contributed by atoms with van der Waals surface area (Å²) in [5.74, 6) is -3.74. The third-order valence-corrected chi connectivity index (χ3v) is 3.68. The summed E-state index contributed by atoms with van der Waals surface area (Å²) in [6.45, 7) is 2.48. The number of rotatable bonds is 4. The number of carbonyl (C=O) groups excluding carboxylic acids is 1. The highest BCUT2D eigenvalue weighted by molar-refractivity contribution is 5.94. The van der Waals surface area contributed by atoms with Crippen LogP contribution in [0.3, 0.4) is 0 Å². The summed E-state index contributed by atoms with van der Waals surface area (Å²) in [5, 5.41) is 11.4. The Labute approximate surface area is 132 Å². The molecule has 2 atom stereocenters. The van der Waals surface area contributed by atoms with Gasteiger partial charge < -0.3 is 10.4 Å². The Morgan fingerprint density at radius 2 is 2.05 bits per heavy atom. The molecule has 5 nitrogen and oxygen atoms in total. The highest BCUT2D eigenvalue weighted by Gasteiger charge is 2.33. The van der Waals surface area contributed by atoms with Crippen LogP contribution in [0.1, 0.15) is 13.3 Å². The first-order valence-corrected chi connectivity index (χ1v) is 6.61. The minimum absolute atomic E-state index is 0. The van der Waals surface area contributed by atoms with Crippen molar-refractivity contribution in [3.63, 3.8) is 0 Å². The van der Waals surface area contributed by atoms with E-state index in [1.807, 2.05) is 0 Å². The Morgan fingerprint density at radius 1 is 1.36 bits per heavy atom. The summed E-state index contributed by atoms with van der Waals surface area (Å²) in [6, 6.07) is 2.57. The van der Waals surface area contributed by atoms with E-state index < -0.39 is 29.6 Å². The second-order valence-corrected chi connectivity index (χ2v) is 5.11. The van der Waals surface area contributed by atoms with E-state index in [1.54, 1.807) is 11.8 Å². The fourth-order valence-corrected chi connectivity index (χ4v) is 2.33. The summed E-state index contributed by atoms with van der Waals surface area (Å²) >= 11 is 0. The molecule has 122 valence electrons. The minimum Gasteiger partial charge on any atom is -0.481 e. The molecule has 0 bridgehead atoms. The molecular weight excluding hydrogens is 318 g/mol. The summed E-state index contributed by atoms with van der Waals surface area (Å²) in [4.78, 5) is 24.7. The minimum atomic E-state index is -1.03. The third-order valence-electron chi connectivity index (χ3n) is 3.68. The zero-order chi connectivity index (χ0) is 15.6. The number of halogens is 3. The van der Waals surface area contributed by atoms with Gasteiger partial charge >= 0.3 is 5.97 Å². The number of carbonyl (C=O) groups is 2. The lowest BCUT2D eigenvalue weighted by Crippen LogP contribution is -2.41. The van der Waals surface area contributed by atoms with Crippen molar-refractivity contribution in [2.45, 2.75) is 19.4 Å². The van der Waals surface area contributed by atoms with Crippen molar-refractivity contribution in [2.75, 3.05) is 18.4 Å². The maximum absolute atomic E-state index is 13.1. The van der Waals surface area contributed by atoms with Crippen LogP contribution in [0.15, 0.2) is 18.2 Å². The summed E-state index contributed by atoms with van der Waals surface area (Å²) in [7, 11) is 0. The highest BCUT2D eigenvalue weighted by atomic mass is 35.5. The van der Waals surface area contributed by atoms with Crippen LogP contribution >= 0.6 is 12.4 Å². The van der Waals surface area contributed by atoms with Crippen molar-refractivity contribution in [3.05, 3.63) is 29.8 Å². The van der Waals surface area contributed by atoms with Crippen molar-refractivity contribution < 1.29 is 23.5 Å². The Balaban J connectivity index is 0.00000242. The van der Waals surface area contributed by atoms with Crippen LogP contribution in [0.2, 0.25) is 0 Å². The summed E-state index contributed by atoms with van der Waals surface area (Å²) in [5.41, 5.74) is 0.166. The van der Waals surface area contributed by atoms with Crippen molar-refractivity contribution >= 4 is 30.0 Å². The van der Waals surface area contributed by atoms with Gasteiger partial charge in [0, 0.05) is 18.3 Å². The highest BCUT2D eigenvalue weighted by Crippen LogP contribution is 2.20. The smallest absolute Gasteiger partial charge is 0.307 e. The summed E-state index contributed by atoms with van der Waals surface area (Å²) in [6.07, 6.45) is 0.498. The standard InChI is InChI=1S/C14H16F2N2O3.ClH/c1-8(18-5-4-9(7-18)14(20)21)13(19)17-10-2-3-11(15)12(16)6-10;/h2-3,6,8-9H,4-5,7H2,1H3,(H,17,19)(H,20,21);1H. The number of benzene rings is 1. The molecule has 1 aliphatic rings. The molecule has 1 fully saturated rings. The molecule has 0 aliphatic carbocycles. The van der Waals surface area contributed by atoms with E-state index >= 15 is 0 Å². The molecular formula is C14H17ClF2N2O3. The van der Waals surface area contributed by atoms with Crippen molar-refractivity contribution in [1.29, 1.82) is 0 Å². The Bertz CT molecular complexity index is 571. The van der Waals surface area contributed by atoms with Crippen LogP contribution < -0.4 is 5.32 Å². The molecule has 2 N–H and O–H groups in total. The molecule has 8 heteroatoms. The zero-order valence-electron chi connectivity index (χ0n) is 11.9. The van der Waals surface area contributed by atoms with Gasteiger partial charge in [0.05, 0.1) is 12.0 Å². The van der Waals surface area contributed by atoms with E-state index in [1.165, 1.54) is 6.07 Å². The van der Waals surface area contributed by atoms with Gasteiger partial charge in [-0.05, 0) is 32.0 Å². The molecule has 2 unspecified atom stereocenters. The molecule has 0 aromatic heterocycles. The number of nitrogens with one attached hydrogen (secondary N) is 1. The predicted molar refractivity (Wildman–Crippen MR) is 79.0 cm³/mol. The van der Waals surface area contributed by atoms with Crippen LogP contribution in [0.25, 0.3) is 0 Å². The number of nitrogens with zero attached hydrogens (tertiary/aromatic N) is 1. The van der Waals surface area contributed by atoms with Crippen LogP contribution in [0, 0.1) is 17.6 Å². The Kier molecular flexibility index (Phi) is 6.25. The number of carboxylic acids is 1. The second-order valence-electron chi connectivity index (χ2n) is 5.11. The summed E-state index contributed by atoms with van der Waals surface area (Å²) < 4.78 is 25.9. The predicted octanol–water partition coefficient (Wildman–Crippen LogP) is 2.12. The first-order chi connectivity index (χ1) is 9.88. The van der Waals surface area contributed by atoms with Crippen LogP contribution in [0.4, 0.5) is 14.5 Å².